The first-order valence-electron chi connectivity index (χ1n) is 4.75. The minimum atomic E-state index is 0.429. The van der Waals surface area contributed by atoms with E-state index in [-0.39, 0.29) is 0 Å². The molecule has 0 aromatic carbocycles. The van der Waals surface area contributed by atoms with Crippen molar-refractivity contribution in [1.82, 2.24) is 0 Å². The van der Waals surface area contributed by atoms with Gasteiger partial charge in [0.25, 0.3) is 0 Å². The van der Waals surface area contributed by atoms with E-state index < -0.39 is 0 Å². The molecular weight excluding hydrogens is 230 g/mol. The molecule has 0 amide bonds. The third kappa shape index (κ3) is 6.52. The molecule has 0 aliphatic carbocycles. The standard InChI is InChI=1S/C11H16ClNOS/c1-4-5-6-11(12)10(8-14)7-13-9(2)15-3/h6-8H,4-5H2,1-3H3/b10-7-,11-6-,13-9+. The molecule has 0 fully saturated rings. The summed E-state index contributed by atoms with van der Waals surface area (Å²) in [6.45, 7) is 3.94. The van der Waals surface area contributed by atoms with Crippen LogP contribution in [0.15, 0.2) is 27.9 Å². The van der Waals surface area contributed by atoms with Gasteiger partial charge in [0, 0.05) is 11.2 Å². The average molecular weight is 246 g/mol. The van der Waals surface area contributed by atoms with E-state index in [0.29, 0.717) is 10.6 Å². The molecule has 0 spiro atoms. The molecule has 0 saturated carbocycles. The monoisotopic (exact) mass is 245 g/mol. The number of aliphatic imine (C=N–C) groups is 1. The molecule has 0 radical (unpaired) electrons. The second-order valence-corrected chi connectivity index (χ2v) is 4.30. The fourth-order valence-corrected chi connectivity index (χ4v) is 1.11. The van der Waals surface area contributed by atoms with Gasteiger partial charge >= 0.3 is 0 Å². The van der Waals surface area contributed by atoms with Gasteiger partial charge in [-0.1, -0.05) is 31.0 Å². The molecule has 4 heteroatoms. The number of allylic oxidation sites excluding steroid dienone is 3. The zero-order valence-corrected chi connectivity index (χ0v) is 10.9. The first kappa shape index (κ1) is 14.5. The van der Waals surface area contributed by atoms with Gasteiger partial charge in [-0.3, -0.25) is 9.79 Å². The topological polar surface area (TPSA) is 29.4 Å². The van der Waals surface area contributed by atoms with Crippen LogP contribution in [-0.4, -0.2) is 17.6 Å². The summed E-state index contributed by atoms with van der Waals surface area (Å²) in [5.41, 5.74) is 0.429. The Labute approximate surface area is 100 Å². The van der Waals surface area contributed by atoms with Crippen molar-refractivity contribution < 1.29 is 4.79 Å². The number of hydrogen-bond acceptors (Lipinski definition) is 3. The van der Waals surface area contributed by atoms with E-state index in [4.69, 9.17) is 11.6 Å². The number of aldehydes is 1. The number of nitrogens with zero attached hydrogens (tertiary/aromatic N) is 1. The molecular formula is C11H16ClNOS. The molecule has 0 atom stereocenters. The van der Waals surface area contributed by atoms with E-state index in [9.17, 15) is 4.79 Å². The molecule has 0 saturated heterocycles. The van der Waals surface area contributed by atoms with Gasteiger partial charge in [0.05, 0.1) is 10.6 Å². The zero-order valence-electron chi connectivity index (χ0n) is 9.29. The number of carbonyl (C=O) groups excluding carboxylic acids is 1. The second-order valence-electron chi connectivity index (χ2n) is 2.90. The van der Waals surface area contributed by atoms with E-state index in [0.717, 1.165) is 24.2 Å². The Morgan fingerprint density at radius 2 is 2.20 bits per heavy atom. The van der Waals surface area contributed by atoms with Crippen molar-refractivity contribution in [2.24, 2.45) is 4.99 Å². The van der Waals surface area contributed by atoms with Crippen LogP contribution in [0.3, 0.4) is 0 Å². The van der Waals surface area contributed by atoms with Gasteiger partial charge in [-0.2, -0.15) is 0 Å². The van der Waals surface area contributed by atoms with E-state index in [2.05, 4.69) is 11.9 Å². The van der Waals surface area contributed by atoms with Gasteiger partial charge in [-0.15, -0.1) is 11.8 Å². The van der Waals surface area contributed by atoms with Gasteiger partial charge < -0.3 is 0 Å². The van der Waals surface area contributed by atoms with Crippen LogP contribution in [0, 0.1) is 0 Å². The molecule has 0 aliphatic heterocycles. The number of unbranched alkanes of at least 4 members (excludes halogenated alkanes) is 1. The number of halogens is 1. The molecule has 0 aromatic rings. The van der Waals surface area contributed by atoms with Gasteiger partial charge in [-0.25, -0.2) is 0 Å². The SMILES string of the molecule is CCC/C=C(Cl)/C(C=O)=C\N=C(/C)SC. The summed E-state index contributed by atoms with van der Waals surface area (Å²) in [5.74, 6) is 0. The Kier molecular flexibility index (Phi) is 8.43. The predicted molar refractivity (Wildman–Crippen MR) is 69.6 cm³/mol. The van der Waals surface area contributed by atoms with Crippen molar-refractivity contribution in [3.63, 3.8) is 0 Å². The smallest absolute Gasteiger partial charge is 0.153 e. The minimum absolute atomic E-state index is 0.429. The highest BCUT2D eigenvalue weighted by Crippen LogP contribution is 2.14. The van der Waals surface area contributed by atoms with Crippen molar-refractivity contribution in [3.05, 3.63) is 22.9 Å². The molecule has 0 unspecified atom stereocenters. The Morgan fingerprint density at radius 3 is 2.67 bits per heavy atom. The maximum Gasteiger partial charge on any atom is 0.153 e. The maximum atomic E-state index is 10.7. The summed E-state index contributed by atoms with van der Waals surface area (Å²) < 4.78 is 0. The van der Waals surface area contributed by atoms with Crippen molar-refractivity contribution in [1.29, 1.82) is 0 Å². The van der Waals surface area contributed by atoms with Crippen LogP contribution < -0.4 is 0 Å². The molecule has 15 heavy (non-hydrogen) atoms. The molecule has 0 heterocycles. The summed E-state index contributed by atoms with van der Waals surface area (Å²) in [4.78, 5) is 14.8. The molecule has 0 aliphatic rings. The lowest BCUT2D eigenvalue weighted by atomic mass is 10.2. The largest absolute Gasteiger partial charge is 0.298 e. The van der Waals surface area contributed by atoms with Crippen molar-refractivity contribution >= 4 is 34.7 Å². The Balaban J connectivity index is 4.68. The summed E-state index contributed by atoms with van der Waals surface area (Å²) in [7, 11) is 0. The summed E-state index contributed by atoms with van der Waals surface area (Å²) in [6.07, 6.45) is 7.89. The Morgan fingerprint density at radius 1 is 1.53 bits per heavy atom. The number of hydrogen-bond donors (Lipinski definition) is 0. The molecule has 0 aromatic heterocycles. The van der Waals surface area contributed by atoms with Crippen LogP contribution in [0.5, 0.6) is 0 Å². The first-order valence-corrected chi connectivity index (χ1v) is 6.35. The van der Waals surface area contributed by atoms with Gasteiger partial charge in [0.15, 0.2) is 6.29 Å². The highest BCUT2D eigenvalue weighted by molar-refractivity contribution is 8.13. The lowest BCUT2D eigenvalue weighted by Crippen LogP contribution is -1.86. The number of carbonyl (C=O) groups is 1. The van der Waals surface area contributed by atoms with Crippen molar-refractivity contribution in [3.8, 4) is 0 Å². The first-order chi connectivity index (χ1) is 7.15. The molecule has 2 nitrogen and oxygen atoms in total. The Bertz CT molecular complexity index is 295. The molecule has 84 valence electrons. The van der Waals surface area contributed by atoms with Gasteiger partial charge in [-0.05, 0) is 19.6 Å². The van der Waals surface area contributed by atoms with E-state index in [1.807, 2.05) is 19.3 Å². The van der Waals surface area contributed by atoms with Crippen molar-refractivity contribution in [2.75, 3.05) is 6.26 Å². The Hall–Kier alpha value is -0.540. The molecule has 0 bridgehead atoms. The lowest BCUT2D eigenvalue weighted by molar-refractivity contribution is -0.104. The van der Waals surface area contributed by atoms with E-state index in [1.54, 1.807) is 0 Å². The molecule has 0 rings (SSSR count). The number of thioether (sulfide) groups is 1. The third-order valence-electron chi connectivity index (χ3n) is 1.70. The van der Waals surface area contributed by atoms with Crippen LogP contribution in [-0.2, 0) is 4.79 Å². The quantitative estimate of drug-likeness (QED) is 0.243. The van der Waals surface area contributed by atoms with Gasteiger partial charge in [0.2, 0.25) is 0 Å². The minimum Gasteiger partial charge on any atom is -0.298 e. The number of rotatable bonds is 5. The summed E-state index contributed by atoms with van der Waals surface area (Å²) >= 11 is 7.47. The normalized spacial score (nSPS) is 14.3. The van der Waals surface area contributed by atoms with E-state index >= 15 is 0 Å². The molecule has 0 N–H and O–H groups in total. The van der Waals surface area contributed by atoms with Crippen molar-refractivity contribution in [2.45, 2.75) is 26.7 Å². The van der Waals surface area contributed by atoms with Crippen LogP contribution in [0.25, 0.3) is 0 Å². The van der Waals surface area contributed by atoms with Gasteiger partial charge in [0.1, 0.15) is 0 Å². The zero-order chi connectivity index (χ0) is 11.7. The predicted octanol–water partition coefficient (Wildman–Crippen LogP) is 3.77. The average Bonchev–Trinajstić information content (AvgIpc) is 2.26. The van der Waals surface area contributed by atoms with Crippen LogP contribution in [0.1, 0.15) is 26.7 Å². The maximum absolute atomic E-state index is 10.7. The lowest BCUT2D eigenvalue weighted by Gasteiger charge is -1.96. The van der Waals surface area contributed by atoms with Crippen LogP contribution in [0.2, 0.25) is 0 Å². The summed E-state index contributed by atoms with van der Waals surface area (Å²) in [6, 6.07) is 0. The van der Waals surface area contributed by atoms with E-state index in [1.165, 1.54) is 18.0 Å². The highest BCUT2D eigenvalue weighted by atomic mass is 35.5. The van der Waals surface area contributed by atoms with Crippen LogP contribution >= 0.6 is 23.4 Å². The third-order valence-corrected chi connectivity index (χ3v) is 2.76. The fourth-order valence-electron chi connectivity index (χ4n) is 0.750. The second kappa shape index (κ2) is 8.74. The van der Waals surface area contributed by atoms with Crippen LogP contribution in [0.4, 0.5) is 0 Å². The summed E-state index contributed by atoms with van der Waals surface area (Å²) in [5, 5.41) is 1.37. The highest BCUT2D eigenvalue weighted by Gasteiger charge is 1.99. The fraction of sp³-hybridized carbons (Fsp3) is 0.455.